The molecule has 1 fully saturated rings. The van der Waals surface area contributed by atoms with Gasteiger partial charge in [-0.15, -0.1) is 0 Å². The molecule has 25 heteroatoms. The largest absolute Gasteiger partial charge is 0.495 e. The predicted octanol–water partition coefficient (Wildman–Crippen LogP) is -1.63. The molecule has 1 aromatic rings. The topological polar surface area (TPSA) is 349 Å². The summed E-state index contributed by atoms with van der Waals surface area (Å²) in [5, 5.41) is 12.8. The van der Waals surface area contributed by atoms with Crippen molar-refractivity contribution < 1.29 is 61.9 Å². The maximum absolute atomic E-state index is 13.9. The molecule has 0 aromatic carbocycles. The number of nitrogens with zero attached hydrogens (tertiary/aromatic N) is 2. The highest BCUT2D eigenvalue weighted by atomic mass is 32.1. The number of nitrogens with two attached hydrogens (primary N) is 2. The van der Waals surface area contributed by atoms with Gasteiger partial charge < -0.3 is 67.2 Å². The first-order chi connectivity index (χ1) is 29.0. The number of nitrogens with one attached hydrogen (secondary N) is 6. The first-order valence-electron chi connectivity index (χ1n) is 20.1. The number of H-pyrrole nitrogens is 1. The van der Waals surface area contributed by atoms with E-state index < -0.39 is 79.7 Å². The first-order valence-corrected chi connectivity index (χ1v) is 22.3. The van der Waals surface area contributed by atoms with E-state index in [2.05, 4.69) is 53.7 Å². The lowest BCUT2D eigenvalue weighted by atomic mass is 10.0. The minimum atomic E-state index is -5.06. The highest BCUT2D eigenvalue weighted by Crippen LogP contribution is 2.38. The minimum absolute atomic E-state index is 0.00965. The Bertz CT molecular complexity index is 1750. The summed E-state index contributed by atoms with van der Waals surface area (Å²) < 4.78 is 27.1. The van der Waals surface area contributed by atoms with Crippen molar-refractivity contribution in [1.82, 2.24) is 41.5 Å². The molecular weight excluding hydrogens is 856 g/mol. The first kappa shape index (κ1) is 53.4. The minimum Gasteiger partial charge on any atom is -0.495 e. The molecule has 2 heterocycles. The second-order valence-electron chi connectivity index (χ2n) is 15.3. The Morgan fingerprint density at radius 1 is 1.02 bits per heavy atom. The van der Waals surface area contributed by atoms with Crippen LogP contribution >= 0.6 is 20.5 Å². The van der Waals surface area contributed by atoms with E-state index in [1.165, 1.54) is 30.6 Å². The van der Waals surface area contributed by atoms with Gasteiger partial charge in [0.25, 0.3) is 0 Å². The van der Waals surface area contributed by atoms with Crippen LogP contribution < -0.4 is 38.1 Å². The molecule has 0 aliphatic carbocycles. The Morgan fingerprint density at radius 3 is 2.29 bits per heavy atom. The number of allylic oxidation sites excluding steroid dienone is 1. The number of hydrogen-bond acceptors (Lipinski definition) is 14. The van der Waals surface area contributed by atoms with E-state index in [9.17, 15) is 38.1 Å². The number of thiol groups is 1. The molecule has 2 rings (SSSR count). The van der Waals surface area contributed by atoms with Gasteiger partial charge >= 0.3 is 7.82 Å². The van der Waals surface area contributed by atoms with Gasteiger partial charge in [-0.3, -0.25) is 38.1 Å². The smallest absolute Gasteiger partial charge is 0.469 e. The Labute approximate surface area is 366 Å². The van der Waals surface area contributed by atoms with Crippen molar-refractivity contribution in [2.45, 2.75) is 129 Å². The number of aromatic amines is 1. The van der Waals surface area contributed by atoms with Crippen molar-refractivity contribution in [2.75, 3.05) is 25.4 Å². The number of carbonyl (C=O) groups is 7. The van der Waals surface area contributed by atoms with Crippen LogP contribution in [0, 0.1) is 5.92 Å². The second-order valence-corrected chi connectivity index (χ2v) is 16.9. The van der Waals surface area contributed by atoms with Crippen molar-refractivity contribution in [3.8, 4) is 0 Å². The molecule has 0 saturated carbocycles. The van der Waals surface area contributed by atoms with E-state index in [4.69, 9.17) is 30.7 Å². The number of phosphoric acid groups is 1. The molecule has 23 nitrogen and oxygen atoms in total. The maximum Gasteiger partial charge on any atom is 0.469 e. The number of likely N-dealkylation sites (tertiary alicyclic amines) is 1. The number of rotatable bonds is 27. The predicted molar refractivity (Wildman–Crippen MR) is 226 cm³/mol. The van der Waals surface area contributed by atoms with Crippen molar-refractivity contribution in [1.29, 1.82) is 0 Å². The highest BCUT2D eigenvalue weighted by molar-refractivity contribution is 7.80. The molecule has 62 heavy (non-hydrogen) atoms. The van der Waals surface area contributed by atoms with Crippen molar-refractivity contribution >= 4 is 61.8 Å². The number of imidazole rings is 1. The van der Waals surface area contributed by atoms with Crippen LogP contribution in [0.25, 0.3) is 0 Å². The van der Waals surface area contributed by atoms with Crippen LogP contribution in [0.1, 0.15) is 79.3 Å². The number of phosphoric ester groups is 1. The average Bonchev–Trinajstić information content (AvgIpc) is 3.90. The van der Waals surface area contributed by atoms with Crippen molar-refractivity contribution in [3.63, 3.8) is 0 Å². The fourth-order valence-corrected chi connectivity index (χ4v) is 6.85. The standard InChI is InChI=1S/C37H63N10O13PS/c1-20(2)14-27(45-37(54)29-8-7-12-47(29)30(48)10-13-58-22(4)17-59-21(3)9-11-41-34(51)26(38)18-62)36(53)44-28(15-25-16-40-19-42-25)35(52)43-23(5)33(50)46-31(32(39)49)24(6)60-61(55,56)57/h16-17,19-21,23-24,26-29,31,62H,7-15,18,38H2,1-6H3,(H2,39,49)(H,40,42)(H,41,51)(H,43,52)(H,44,53)(H,45,54)(H,46,50)(H2,55,56,57)/b22-17+/t21?,23-,24+,26-,27-,28-,29-,31-/m0/s1. The summed E-state index contributed by atoms with van der Waals surface area (Å²) in [6.07, 6.45) is 3.83. The quantitative estimate of drug-likeness (QED) is 0.0268. The van der Waals surface area contributed by atoms with Crippen molar-refractivity contribution in [3.05, 3.63) is 30.2 Å². The Hall–Kier alpha value is -4.74. The van der Waals surface area contributed by atoms with Gasteiger partial charge in [0.2, 0.25) is 41.4 Å². The molecule has 1 aromatic heterocycles. The SMILES string of the molecule is C/C(=C\OC(C)CCNC(=O)[C@@H](N)CS)OCCC(=O)N1CCC[C@H]1C(=O)N[C@@H](CC(C)C)C(=O)N[C@@H](Cc1cnc[nH]1)C(=O)N[C@@H](C)C(=O)N[C@H](C(N)=O)[C@@H](C)OP(=O)(O)O. The fourth-order valence-electron chi connectivity index (χ4n) is 6.13. The zero-order valence-corrected chi connectivity index (χ0v) is 37.6. The van der Waals surface area contributed by atoms with Gasteiger partial charge in [-0.05, 0) is 52.9 Å². The molecule has 0 bridgehead atoms. The normalized spacial score (nSPS) is 17.7. The van der Waals surface area contributed by atoms with Crippen LogP contribution in [0.15, 0.2) is 24.5 Å². The third kappa shape index (κ3) is 19.1. The summed E-state index contributed by atoms with van der Waals surface area (Å²) in [7, 11) is -5.06. The number of aromatic nitrogens is 2. The van der Waals surface area contributed by atoms with Gasteiger partial charge in [0.1, 0.15) is 42.2 Å². The van der Waals surface area contributed by atoms with Gasteiger partial charge in [-0.25, -0.2) is 9.55 Å². The number of primary amides is 1. The van der Waals surface area contributed by atoms with Crippen LogP contribution in [0.2, 0.25) is 0 Å². The molecule has 1 aliphatic rings. The summed E-state index contributed by atoms with van der Waals surface area (Å²) in [6, 6.07) is -7.05. The molecule has 0 spiro atoms. The third-order valence-electron chi connectivity index (χ3n) is 9.45. The fraction of sp³-hybridized carbons (Fsp3) is 0.676. The Morgan fingerprint density at radius 2 is 1.69 bits per heavy atom. The summed E-state index contributed by atoms with van der Waals surface area (Å²) in [5.41, 5.74) is 11.4. The molecule has 1 unspecified atom stereocenters. The summed E-state index contributed by atoms with van der Waals surface area (Å²) in [4.78, 5) is 118. The molecule has 8 atom stereocenters. The monoisotopic (exact) mass is 918 g/mol. The molecule has 1 aliphatic heterocycles. The molecule has 1 saturated heterocycles. The number of ether oxygens (including phenoxy) is 2. The highest BCUT2D eigenvalue weighted by Gasteiger charge is 2.37. The zero-order valence-electron chi connectivity index (χ0n) is 35.8. The van der Waals surface area contributed by atoms with Crippen LogP contribution in [0.3, 0.4) is 0 Å². The third-order valence-corrected chi connectivity index (χ3v) is 10.5. The van der Waals surface area contributed by atoms with Crippen LogP contribution in [0.4, 0.5) is 0 Å². The average molecular weight is 919 g/mol. The Balaban J connectivity index is 2.05. The number of amides is 7. The number of carbonyl (C=O) groups excluding carboxylic acids is 7. The molecule has 12 N–H and O–H groups in total. The summed E-state index contributed by atoms with van der Waals surface area (Å²) in [6.45, 7) is 10.2. The van der Waals surface area contributed by atoms with Crippen molar-refractivity contribution in [2.24, 2.45) is 17.4 Å². The van der Waals surface area contributed by atoms with E-state index in [0.29, 0.717) is 43.8 Å². The second kappa shape index (κ2) is 26.0. The molecular formula is C37H63N10O13PS. The van der Waals surface area contributed by atoms with Crippen LogP contribution in [-0.2, 0) is 58.5 Å². The van der Waals surface area contributed by atoms with Gasteiger partial charge in [0, 0.05) is 43.6 Å². The van der Waals surface area contributed by atoms with Gasteiger partial charge in [0.15, 0.2) is 0 Å². The van der Waals surface area contributed by atoms with Gasteiger partial charge in [0.05, 0.1) is 37.6 Å². The lowest BCUT2D eigenvalue weighted by molar-refractivity contribution is -0.140. The molecule has 0 radical (unpaired) electrons. The van der Waals surface area contributed by atoms with E-state index in [0.717, 1.165) is 6.92 Å². The lowest BCUT2D eigenvalue weighted by Crippen LogP contribution is -2.59. The Kier molecular flexibility index (Phi) is 22.4. The molecule has 350 valence electrons. The zero-order chi connectivity index (χ0) is 46.7. The number of hydrogen-bond donors (Lipinski definition) is 11. The van der Waals surface area contributed by atoms with Gasteiger partial charge in [-0.2, -0.15) is 12.6 Å². The van der Waals surface area contributed by atoms with E-state index in [-0.39, 0.29) is 55.5 Å². The van der Waals surface area contributed by atoms with E-state index in [1.54, 1.807) is 6.92 Å². The summed E-state index contributed by atoms with van der Waals surface area (Å²) in [5.74, 6) is -4.32. The lowest BCUT2D eigenvalue weighted by Gasteiger charge is -2.28. The van der Waals surface area contributed by atoms with Gasteiger partial charge in [-0.1, -0.05) is 13.8 Å². The van der Waals surface area contributed by atoms with Crippen LogP contribution in [0.5, 0.6) is 0 Å². The van der Waals surface area contributed by atoms with E-state index in [1.807, 2.05) is 20.8 Å². The van der Waals surface area contributed by atoms with Crippen LogP contribution in [-0.4, -0.2) is 140 Å². The molecule has 7 amide bonds. The van der Waals surface area contributed by atoms with E-state index >= 15 is 0 Å². The summed E-state index contributed by atoms with van der Waals surface area (Å²) >= 11 is 4.01. The maximum atomic E-state index is 13.9.